The Bertz CT molecular complexity index is 219. The van der Waals surface area contributed by atoms with Gasteiger partial charge < -0.3 is 5.32 Å². The fraction of sp³-hybridized carbons (Fsp3) is 0.727. The number of hydrogen-bond acceptors (Lipinski definition) is 2. The average Bonchev–Trinajstić information content (AvgIpc) is 2.01. The quantitative estimate of drug-likeness (QED) is 0.428. The number of nitrogens with one attached hydrogen (secondary N) is 1. The van der Waals surface area contributed by atoms with Crippen LogP contribution in [0.25, 0.3) is 0 Å². The van der Waals surface area contributed by atoms with Crippen molar-refractivity contribution in [3.8, 4) is 0 Å². The van der Waals surface area contributed by atoms with Gasteiger partial charge in [-0.1, -0.05) is 32.1 Å². The largest absolute Gasteiger partial charge is 0.374 e. The fourth-order valence-electron chi connectivity index (χ4n) is 1.67. The highest BCUT2D eigenvalue weighted by molar-refractivity contribution is 7.86. The SMILES string of the molecule is C=CC(C)(C)CC(C)(C)NC(=S)CS. The summed E-state index contributed by atoms with van der Waals surface area (Å²) in [6, 6.07) is 0. The second-order valence-electron chi connectivity index (χ2n) is 4.96. The highest BCUT2D eigenvalue weighted by Crippen LogP contribution is 2.28. The van der Waals surface area contributed by atoms with E-state index in [0.29, 0.717) is 5.75 Å². The molecule has 0 rings (SSSR count). The Kier molecular flexibility index (Phi) is 5.16. The minimum atomic E-state index is -0.00248. The molecule has 14 heavy (non-hydrogen) atoms. The van der Waals surface area contributed by atoms with Crippen molar-refractivity contribution in [2.45, 2.75) is 39.7 Å². The van der Waals surface area contributed by atoms with E-state index in [-0.39, 0.29) is 11.0 Å². The first kappa shape index (κ1) is 14.0. The Morgan fingerprint density at radius 3 is 2.29 bits per heavy atom. The van der Waals surface area contributed by atoms with Crippen molar-refractivity contribution in [3.05, 3.63) is 12.7 Å². The molecule has 0 unspecified atom stereocenters. The molecule has 0 bridgehead atoms. The molecule has 0 atom stereocenters. The average molecular weight is 231 g/mol. The van der Waals surface area contributed by atoms with Gasteiger partial charge in [-0.3, -0.25) is 0 Å². The lowest BCUT2D eigenvalue weighted by Gasteiger charge is -2.34. The lowest BCUT2D eigenvalue weighted by molar-refractivity contribution is 0.300. The van der Waals surface area contributed by atoms with Gasteiger partial charge in [-0.05, 0) is 25.7 Å². The van der Waals surface area contributed by atoms with Crippen LogP contribution in [0, 0.1) is 5.41 Å². The molecule has 1 nitrogen and oxygen atoms in total. The van der Waals surface area contributed by atoms with Gasteiger partial charge in [0.15, 0.2) is 0 Å². The highest BCUT2D eigenvalue weighted by Gasteiger charge is 2.26. The van der Waals surface area contributed by atoms with Gasteiger partial charge in [0.25, 0.3) is 0 Å². The van der Waals surface area contributed by atoms with Gasteiger partial charge in [-0.15, -0.1) is 6.58 Å². The van der Waals surface area contributed by atoms with Crippen LogP contribution < -0.4 is 5.32 Å². The Labute approximate surface area is 98.8 Å². The molecule has 0 aromatic heterocycles. The normalized spacial score (nSPS) is 12.4. The molecule has 0 amide bonds. The molecule has 1 N–H and O–H groups in total. The number of hydrogen-bond donors (Lipinski definition) is 2. The topological polar surface area (TPSA) is 12.0 Å². The van der Waals surface area contributed by atoms with E-state index in [0.717, 1.165) is 11.4 Å². The third-order valence-electron chi connectivity index (χ3n) is 2.07. The minimum Gasteiger partial charge on any atom is -0.374 e. The van der Waals surface area contributed by atoms with Crippen molar-refractivity contribution in [2.75, 3.05) is 5.75 Å². The molecule has 0 aromatic rings. The zero-order chi connectivity index (χ0) is 11.4. The van der Waals surface area contributed by atoms with Crippen molar-refractivity contribution in [1.82, 2.24) is 5.32 Å². The smallest absolute Gasteiger partial charge is 0.0855 e. The Morgan fingerprint density at radius 2 is 1.93 bits per heavy atom. The van der Waals surface area contributed by atoms with Crippen molar-refractivity contribution < 1.29 is 0 Å². The van der Waals surface area contributed by atoms with Crippen LogP contribution in [0.4, 0.5) is 0 Å². The maximum Gasteiger partial charge on any atom is 0.0855 e. The lowest BCUT2D eigenvalue weighted by atomic mass is 9.80. The summed E-state index contributed by atoms with van der Waals surface area (Å²) in [5.74, 6) is 0.604. The van der Waals surface area contributed by atoms with Gasteiger partial charge in [0.2, 0.25) is 0 Å². The molecular weight excluding hydrogens is 210 g/mol. The first-order valence-corrected chi connectivity index (χ1v) is 5.82. The molecule has 0 aromatic carbocycles. The van der Waals surface area contributed by atoms with E-state index in [2.05, 4.69) is 52.2 Å². The first-order valence-electron chi connectivity index (χ1n) is 4.78. The Balaban J connectivity index is 4.33. The van der Waals surface area contributed by atoms with E-state index in [1.165, 1.54) is 0 Å². The summed E-state index contributed by atoms with van der Waals surface area (Å²) in [5.41, 5.74) is 0.125. The molecule has 0 aliphatic heterocycles. The number of thiocarbonyl (C=S) groups is 1. The molecule has 0 spiro atoms. The van der Waals surface area contributed by atoms with Gasteiger partial charge in [0.05, 0.1) is 4.99 Å². The summed E-state index contributed by atoms with van der Waals surface area (Å²) in [6.45, 7) is 12.5. The van der Waals surface area contributed by atoms with E-state index in [9.17, 15) is 0 Å². The molecule has 0 heterocycles. The fourth-order valence-corrected chi connectivity index (χ4v) is 2.03. The minimum absolute atomic E-state index is 0.00248. The summed E-state index contributed by atoms with van der Waals surface area (Å²) in [6.07, 6.45) is 2.98. The van der Waals surface area contributed by atoms with Crippen LogP contribution in [0.2, 0.25) is 0 Å². The van der Waals surface area contributed by atoms with Crippen LogP contribution in [0.1, 0.15) is 34.1 Å². The Hall–Kier alpha value is -0.0200. The van der Waals surface area contributed by atoms with Crippen LogP contribution in [0.3, 0.4) is 0 Å². The number of rotatable bonds is 5. The van der Waals surface area contributed by atoms with Crippen molar-refractivity contribution in [3.63, 3.8) is 0 Å². The molecule has 82 valence electrons. The van der Waals surface area contributed by atoms with Crippen LogP contribution in [-0.4, -0.2) is 16.3 Å². The van der Waals surface area contributed by atoms with E-state index >= 15 is 0 Å². The summed E-state index contributed by atoms with van der Waals surface area (Å²) >= 11 is 9.25. The zero-order valence-electron chi connectivity index (χ0n) is 9.55. The van der Waals surface area contributed by atoms with Crippen molar-refractivity contribution in [1.29, 1.82) is 0 Å². The van der Waals surface area contributed by atoms with Gasteiger partial charge in [-0.25, -0.2) is 0 Å². The van der Waals surface area contributed by atoms with Gasteiger partial charge in [0, 0.05) is 11.3 Å². The van der Waals surface area contributed by atoms with Crippen molar-refractivity contribution in [2.24, 2.45) is 5.41 Å². The van der Waals surface area contributed by atoms with Crippen LogP contribution in [-0.2, 0) is 0 Å². The summed E-state index contributed by atoms with van der Waals surface area (Å²) in [4.78, 5) is 0.804. The van der Waals surface area contributed by atoms with Gasteiger partial charge in [0.1, 0.15) is 0 Å². The lowest BCUT2D eigenvalue weighted by Crippen LogP contribution is -2.45. The van der Waals surface area contributed by atoms with Crippen LogP contribution >= 0.6 is 24.8 Å². The highest BCUT2D eigenvalue weighted by atomic mass is 32.1. The third-order valence-corrected chi connectivity index (χ3v) is 2.85. The summed E-state index contributed by atoms with van der Waals surface area (Å²) in [7, 11) is 0. The van der Waals surface area contributed by atoms with Crippen molar-refractivity contribution >= 4 is 29.8 Å². The number of allylic oxidation sites excluding steroid dienone is 1. The third kappa shape index (κ3) is 5.66. The maximum absolute atomic E-state index is 5.12. The standard InChI is InChI=1S/C11H21NS2/c1-6-10(2,3)8-11(4,5)12-9(14)7-13/h6,13H,1,7-8H2,2-5H3,(H,12,14). The van der Waals surface area contributed by atoms with E-state index < -0.39 is 0 Å². The van der Waals surface area contributed by atoms with E-state index in [1.807, 2.05) is 6.08 Å². The van der Waals surface area contributed by atoms with Gasteiger partial charge in [-0.2, -0.15) is 12.6 Å². The first-order chi connectivity index (χ1) is 6.22. The number of thiol groups is 1. The maximum atomic E-state index is 5.12. The van der Waals surface area contributed by atoms with Gasteiger partial charge >= 0.3 is 0 Å². The Morgan fingerprint density at radius 1 is 1.43 bits per heavy atom. The summed E-state index contributed by atoms with van der Waals surface area (Å²) in [5, 5.41) is 3.30. The van der Waals surface area contributed by atoms with E-state index in [4.69, 9.17) is 12.2 Å². The molecule has 0 saturated carbocycles. The van der Waals surface area contributed by atoms with Crippen LogP contribution in [0.5, 0.6) is 0 Å². The monoisotopic (exact) mass is 231 g/mol. The predicted octanol–water partition coefficient (Wildman–Crippen LogP) is 3.21. The van der Waals surface area contributed by atoms with E-state index in [1.54, 1.807) is 0 Å². The van der Waals surface area contributed by atoms with Crippen LogP contribution in [0.15, 0.2) is 12.7 Å². The predicted molar refractivity (Wildman–Crippen MR) is 72.3 cm³/mol. The second-order valence-corrected chi connectivity index (χ2v) is 5.77. The molecule has 0 fully saturated rings. The molecule has 0 saturated heterocycles. The molecule has 0 radical (unpaired) electrons. The second kappa shape index (κ2) is 5.17. The molecular formula is C11H21NS2. The zero-order valence-corrected chi connectivity index (χ0v) is 11.3. The summed E-state index contributed by atoms with van der Waals surface area (Å²) < 4.78 is 0. The molecule has 0 aliphatic carbocycles. The molecule has 3 heteroatoms. The molecule has 0 aliphatic rings.